The molecule has 2 bridgehead atoms. The number of benzene rings is 3. The molecule has 3 aliphatic carbocycles. The van der Waals surface area contributed by atoms with Crippen LogP contribution in [0.5, 0.6) is 0 Å². The van der Waals surface area contributed by atoms with E-state index < -0.39 is 0 Å². The average Bonchev–Trinajstić information content (AvgIpc) is 3.42. The minimum absolute atomic E-state index is 0.255. The molecular formula is C26H22N2. The maximum Gasteiger partial charge on any atom is 0.187 e. The molecule has 3 unspecified atom stereocenters. The van der Waals surface area contributed by atoms with Crippen molar-refractivity contribution in [1.29, 1.82) is 0 Å². The molecule has 2 heteroatoms. The van der Waals surface area contributed by atoms with E-state index >= 15 is 0 Å². The van der Waals surface area contributed by atoms with Gasteiger partial charge in [-0.3, -0.25) is 0 Å². The number of anilines is 2. The van der Waals surface area contributed by atoms with E-state index in [1.807, 2.05) is 24.3 Å². The Hall–Kier alpha value is -3.05. The molecule has 2 fully saturated rings. The van der Waals surface area contributed by atoms with Crippen LogP contribution >= 0.6 is 0 Å². The van der Waals surface area contributed by atoms with Crippen LogP contribution in [0.4, 0.5) is 17.1 Å². The average molecular weight is 362 g/mol. The molecule has 28 heavy (non-hydrogen) atoms. The summed E-state index contributed by atoms with van der Waals surface area (Å²) in [5, 5.41) is 3.53. The lowest BCUT2D eigenvalue weighted by Crippen LogP contribution is -2.31. The molecule has 3 aromatic carbocycles. The van der Waals surface area contributed by atoms with Gasteiger partial charge in [0.15, 0.2) is 5.69 Å². The predicted molar refractivity (Wildman–Crippen MR) is 114 cm³/mol. The quantitative estimate of drug-likeness (QED) is 0.482. The van der Waals surface area contributed by atoms with Crippen molar-refractivity contribution in [3.63, 3.8) is 0 Å². The monoisotopic (exact) mass is 362 g/mol. The number of nitrogens with one attached hydrogen (secondary N) is 1. The Bertz CT molecular complexity index is 1120. The highest BCUT2D eigenvalue weighted by Crippen LogP contribution is 2.65. The van der Waals surface area contributed by atoms with Gasteiger partial charge >= 0.3 is 0 Å². The lowest BCUT2D eigenvalue weighted by Gasteiger charge is -2.36. The second kappa shape index (κ2) is 5.72. The third kappa shape index (κ3) is 2.08. The number of hydrogen-bond donors (Lipinski definition) is 1. The Morgan fingerprint density at radius 1 is 0.857 bits per heavy atom. The standard InChI is InChI=1S/C26H22N2/c1-27-19-8-10-20(11-9-19)28-21-12-13-25-23(15-21)22-4-2-3-5-24(22)26(25)16-17-6-7-18(26)14-17/h2-5,8-13,15,17-18,28H,6-7,14,16H2. The maximum absolute atomic E-state index is 7.11. The molecule has 2 nitrogen and oxygen atoms in total. The van der Waals surface area contributed by atoms with Crippen LogP contribution in [0.15, 0.2) is 66.7 Å². The normalized spacial score (nSPS) is 26.1. The summed E-state index contributed by atoms with van der Waals surface area (Å²) < 4.78 is 0. The third-order valence-corrected chi connectivity index (χ3v) is 7.33. The first-order valence-corrected chi connectivity index (χ1v) is 10.3. The van der Waals surface area contributed by atoms with Crippen LogP contribution in [-0.2, 0) is 5.41 Å². The summed E-state index contributed by atoms with van der Waals surface area (Å²) in [5.41, 5.74) is 9.02. The largest absolute Gasteiger partial charge is 0.356 e. The van der Waals surface area contributed by atoms with E-state index in [2.05, 4.69) is 52.6 Å². The number of nitrogens with zero attached hydrogens (tertiary/aromatic N) is 1. The fourth-order valence-corrected chi connectivity index (χ4v) is 6.26. The van der Waals surface area contributed by atoms with Crippen molar-refractivity contribution in [3.8, 4) is 11.1 Å². The van der Waals surface area contributed by atoms with Crippen LogP contribution in [0, 0.1) is 18.4 Å². The maximum atomic E-state index is 7.11. The highest BCUT2D eigenvalue weighted by Gasteiger charge is 2.56. The lowest BCUT2D eigenvalue weighted by atomic mass is 9.67. The fourth-order valence-electron chi connectivity index (χ4n) is 6.26. The van der Waals surface area contributed by atoms with Crippen molar-refractivity contribution < 1.29 is 0 Å². The van der Waals surface area contributed by atoms with Gasteiger partial charge in [-0.15, -0.1) is 0 Å². The van der Waals surface area contributed by atoms with E-state index in [1.54, 1.807) is 11.1 Å². The summed E-state index contributed by atoms with van der Waals surface area (Å²) in [5.74, 6) is 1.71. The SMILES string of the molecule is [C-]#[N+]c1ccc(Nc2ccc3c(c2)-c2ccccc2C32CC3CCC2C3)cc1. The summed E-state index contributed by atoms with van der Waals surface area (Å²) in [6.45, 7) is 7.11. The zero-order chi connectivity index (χ0) is 18.7. The topological polar surface area (TPSA) is 16.4 Å². The highest BCUT2D eigenvalue weighted by atomic mass is 14.9. The highest BCUT2D eigenvalue weighted by molar-refractivity contribution is 5.84. The molecule has 0 radical (unpaired) electrons. The van der Waals surface area contributed by atoms with Crippen LogP contribution in [0.2, 0.25) is 0 Å². The van der Waals surface area contributed by atoms with E-state index in [0.717, 1.165) is 23.2 Å². The summed E-state index contributed by atoms with van der Waals surface area (Å²) >= 11 is 0. The van der Waals surface area contributed by atoms with E-state index in [1.165, 1.54) is 36.8 Å². The second-order valence-corrected chi connectivity index (χ2v) is 8.64. The van der Waals surface area contributed by atoms with Crippen LogP contribution < -0.4 is 5.32 Å². The van der Waals surface area contributed by atoms with Gasteiger partial charge in [0.05, 0.1) is 6.57 Å². The molecule has 0 aromatic heterocycles. The first kappa shape index (κ1) is 16.0. The Kier molecular flexibility index (Phi) is 3.26. The van der Waals surface area contributed by atoms with Gasteiger partial charge in [0.25, 0.3) is 0 Å². The van der Waals surface area contributed by atoms with E-state index in [4.69, 9.17) is 6.57 Å². The second-order valence-electron chi connectivity index (χ2n) is 8.64. The predicted octanol–water partition coefficient (Wildman–Crippen LogP) is 7.07. The molecule has 0 saturated heterocycles. The zero-order valence-electron chi connectivity index (χ0n) is 15.8. The van der Waals surface area contributed by atoms with E-state index in [0.29, 0.717) is 5.69 Å². The molecule has 3 aliphatic rings. The minimum atomic E-state index is 0.255. The van der Waals surface area contributed by atoms with Crippen LogP contribution in [0.3, 0.4) is 0 Å². The molecule has 1 spiro atoms. The Labute approximate surface area is 166 Å². The molecule has 3 aromatic rings. The van der Waals surface area contributed by atoms with Crippen molar-refractivity contribution in [2.75, 3.05) is 5.32 Å². The number of rotatable bonds is 2. The van der Waals surface area contributed by atoms with Gasteiger partial charge in [0.1, 0.15) is 0 Å². The summed E-state index contributed by atoms with van der Waals surface area (Å²) in [4.78, 5) is 3.47. The number of fused-ring (bicyclic) bond motifs is 8. The molecule has 2 saturated carbocycles. The molecule has 0 heterocycles. The zero-order valence-corrected chi connectivity index (χ0v) is 15.8. The van der Waals surface area contributed by atoms with Crippen LogP contribution in [-0.4, -0.2) is 0 Å². The number of hydrogen-bond acceptors (Lipinski definition) is 1. The first-order valence-electron chi connectivity index (χ1n) is 10.3. The van der Waals surface area contributed by atoms with Crippen molar-refractivity contribution in [3.05, 3.63) is 89.3 Å². The van der Waals surface area contributed by atoms with Gasteiger partial charge < -0.3 is 5.32 Å². The Balaban J connectivity index is 1.44. The minimum Gasteiger partial charge on any atom is -0.356 e. The first-order chi connectivity index (χ1) is 13.8. The molecular weight excluding hydrogens is 340 g/mol. The summed E-state index contributed by atoms with van der Waals surface area (Å²) in [7, 11) is 0. The van der Waals surface area contributed by atoms with E-state index in [9.17, 15) is 0 Å². The molecule has 3 atom stereocenters. The molecule has 136 valence electrons. The van der Waals surface area contributed by atoms with Crippen molar-refractivity contribution in [2.45, 2.75) is 31.1 Å². The van der Waals surface area contributed by atoms with Gasteiger partial charge in [0, 0.05) is 16.8 Å². The lowest BCUT2D eigenvalue weighted by molar-refractivity contribution is 0.327. The summed E-state index contributed by atoms with van der Waals surface area (Å²) in [6, 6.07) is 23.7. The summed E-state index contributed by atoms with van der Waals surface area (Å²) in [6.07, 6.45) is 5.53. The smallest absolute Gasteiger partial charge is 0.187 e. The van der Waals surface area contributed by atoms with Gasteiger partial charge in [0.2, 0.25) is 0 Å². The van der Waals surface area contributed by atoms with Crippen molar-refractivity contribution >= 4 is 17.1 Å². The Morgan fingerprint density at radius 2 is 1.64 bits per heavy atom. The third-order valence-electron chi connectivity index (χ3n) is 7.33. The van der Waals surface area contributed by atoms with Crippen molar-refractivity contribution in [2.24, 2.45) is 11.8 Å². The van der Waals surface area contributed by atoms with Gasteiger partial charge in [-0.1, -0.05) is 48.9 Å². The van der Waals surface area contributed by atoms with Crippen LogP contribution in [0.1, 0.15) is 36.8 Å². The molecule has 1 N–H and O–H groups in total. The fraction of sp³-hybridized carbons (Fsp3) is 0.269. The van der Waals surface area contributed by atoms with E-state index in [-0.39, 0.29) is 5.41 Å². The van der Waals surface area contributed by atoms with Gasteiger partial charge in [-0.05, 0) is 77.6 Å². The Morgan fingerprint density at radius 3 is 2.39 bits per heavy atom. The molecule has 0 aliphatic heterocycles. The van der Waals surface area contributed by atoms with Crippen molar-refractivity contribution in [1.82, 2.24) is 0 Å². The van der Waals surface area contributed by atoms with Gasteiger partial charge in [-0.2, -0.15) is 0 Å². The molecule has 0 amide bonds. The molecule has 6 rings (SSSR count). The van der Waals surface area contributed by atoms with Gasteiger partial charge in [-0.25, -0.2) is 4.85 Å². The van der Waals surface area contributed by atoms with Crippen LogP contribution in [0.25, 0.3) is 16.0 Å².